The predicted molar refractivity (Wildman–Crippen MR) is 77.6 cm³/mol. The Morgan fingerprint density at radius 3 is 3.12 bits per heavy atom. The van der Waals surface area contributed by atoms with Crippen LogP contribution in [0.15, 0.2) is 22.7 Å². The van der Waals surface area contributed by atoms with Crippen LogP contribution in [-0.4, -0.2) is 24.1 Å². The molecule has 0 radical (unpaired) electrons. The van der Waals surface area contributed by atoms with Crippen LogP contribution in [0.1, 0.15) is 18.9 Å². The van der Waals surface area contributed by atoms with Gasteiger partial charge >= 0.3 is 0 Å². The summed E-state index contributed by atoms with van der Waals surface area (Å²) in [5.41, 5.74) is 1.84. The van der Waals surface area contributed by atoms with Crippen LogP contribution in [0.25, 0.3) is 0 Å². The van der Waals surface area contributed by atoms with E-state index in [4.69, 9.17) is 5.26 Å². The Morgan fingerprint density at radius 2 is 2.41 bits per heavy atom. The van der Waals surface area contributed by atoms with Crippen molar-refractivity contribution in [3.63, 3.8) is 0 Å². The number of hydrogen-bond acceptors (Lipinski definition) is 3. The third kappa shape index (κ3) is 2.97. The lowest BCUT2D eigenvalue weighted by atomic mass is 10.1. The molecule has 1 aliphatic rings. The van der Waals surface area contributed by atoms with Crippen molar-refractivity contribution in [1.29, 1.82) is 5.26 Å². The van der Waals surface area contributed by atoms with Gasteiger partial charge in [-0.05, 0) is 24.6 Å². The van der Waals surface area contributed by atoms with Gasteiger partial charge in [-0.3, -0.25) is 0 Å². The molecule has 0 saturated carbocycles. The van der Waals surface area contributed by atoms with Crippen molar-refractivity contribution in [2.45, 2.75) is 18.6 Å². The molecule has 0 N–H and O–H groups in total. The van der Waals surface area contributed by atoms with Gasteiger partial charge in [0, 0.05) is 28.6 Å². The summed E-state index contributed by atoms with van der Waals surface area (Å²) in [4.78, 5) is 2.34. The fourth-order valence-electron chi connectivity index (χ4n) is 2.05. The van der Waals surface area contributed by atoms with Crippen molar-refractivity contribution in [3.8, 4) is 6.07 Å². The number of nitrogens with zero attached hydrogens (tertiary/aromatic N) is 2. The number of thioether (sulfide) groups is 1. The van der Waals surface area contributed by atoms with Crippen LogP contribution in [0.4, 0.5) is 5.69 Å². The quantitative estimate of drug-likeness (QED) is 0.834. The van der Waals surface area contributed by atoms with Crippen molar-refractivity contribution in [2.75, 3.05) is 23.7 Å². The number of rotatable bonds is 2. The highest BCUT2D eigenvalue weighted by molar-refractivity contribution is 9.10. The van der Waals surface area contributed by atoms with E-state index in [2.05, 4.69) is 39.9 Å². The minimum Gasteiger partial charge on any atom is -0.368 e. The summed E-state index contributed by atoms with van der Waals surface area (Å²) in [7, 11) is 0. The van der Waals surface area contributed by atoms with Gasteiger partial charge in [-0.2, -0.15) is 17.0 Å². The molecule has 90 valence electrons. The summed E-state index contributed by atoms with van der Waals surface area (Å²) < 4.78 is 1.04. The molecule has 0 bridgehead atoms. The van der Waals surface area contributed by atoms with Crippen molar-refractivity contribution in [2.24, 2.45) is 0 Å². The van der Waals surface area contributed by atoms with Gasteiger partial charge in [0.15, 0.2) is 0 Å². The van der Waals surface area contributed by atoms with E-state index < -0.39 is 0 Å². The van der Waals surface area contributed by atoms with Crippen LogP contribution in [0.3, 0.4) is 0 Å². The Kier molecular flexibility index (Phi) is 4.36. The van der Waals surface area contributed by atoms with Crippen LogP contribution in [0.5, 0.6) is 0 Å². The summed E-state index contributed by atoms with van der Waals surface area (Å²) in [5, 5.41) is 9.86. The van der Waals surface area contributed by atoms with Gasteiger partial charge in [-0.25, -0.2) is 0 Å². The average molecular weight is 311 g/mol. The van der Waals surface area contributed by atoms with Crippen molar-refractivity contribution < 1.29 is 0 Å². The molecule has 2 nitrogen and oxygen atoms in total. The third-order valence-corrected chi connectivity index (χ3v) is 4.88. The Labute approximate surface area is 115 Å². The highest BCUT2D eigenvalue weighted by Gasteiger charge is 2.21. The number of halogens is 1. The van der Waals surface area contributed by atoms with E-state index in [1.165, 1.54) is 6.42 Å². The molecular formula is C13H15BrN2S. The molecule has 1 heterocycles. The summed E-state index contributed by atoms with van der Waals surface area (Å²) in [6.45, 7) is 4.31. The summed E-state index contributed by atoms with van der Waals surface area (Å²) in [6.07, 6.45) is 1.19. The lowest BCUT2D eigenvalue weighted by Gasteiger charge is -2.34. The third-order valence-electron chi connectivity index (χ3n) is 3.02. The van der Waals surface area contributed by atoms with Gasteiger partial charge in [0.05, 0.1) is 11.3 Å². The van der Waals surface area contributed by atoms with Gasteiger partial charge in [0.2, 0.25) is 0 Å². The summed E-state index contributed by atoms with van der Waals surface area (Å²) in [6, 6.07) is 8.16. The monoisotopic (exact) mass is 310 g/mol. The maximum Gasteiger partial charge on any atom is 0.101 e. The van der Waals surface area contributed by atoms with Crippen LogP contribution in [0.2, 0.25) is 0 Å². The molecule has 1 aromatic carbocycles. The van der Waals surface area contributed by atoms with Crippen LogP contribution in [-0.2, 0) is 0 Å². The number of anilines is 1. The zero-order valence-electron chi connectivity index (χ0n) is 9.82. The topological polar surface area (TPSA) is 27.0 Å². The first-order valence-electron chi connectivity index (χ1n) is 5.80. The van der Waals surface area contributed by atoms with Gasteiger partial charge < -0.3 is 4.90 Å². The number of benzene rings is 1. The second-order valence-corrected chi connectivity index (χ2v) is 6.44. The molecule has 17 heavy (non-hydrogen) atoms. The molecule has 1 fully saturated rings. The number of nitriles is 1. The Morgan fingerprint density at radius 1 is 1.59 bits per heavy atom. The van der Waals surface area contributed by atoms with E-state index in [1.54, 1.807) is 0 Å². The molecule has 1 aromatic rings. The lowest BCUT2D eigenvalue weighted by molar-refractivity contribution is 0.727. The number of hydrogen-bond donors (Lipinski definition) is 0. The zero-order chi connectivity index (χ0) is 12.3. The summed E-state index contributed by atoms with van der Waals surface area (Å²) >= 11 is 5.53. The molecular weight excluding hydrogens is 296 g/mol. The van der Waals surface area contributed by atoms with Gasteiger partial charge in [0.25, 0.3) is 0 Å². The largest absolute Gasteiger partial charge is 0.368 e. The normalized spacial score (nSPS) is 20.1. The Balaban J connectivity index is 2.27. The average Bonchev–Trinajstić information content (AvgIpc) is 2.39. The minimum atomic E-state index is 0.689. The molecule has 0 amide bonds. The first-order valence-corrected chi connectivity index (χ1v) is 7.65. The van der Waals surface area contributed by atoms with E-state index in [0.717, 1.165) is 34.6 Å². The highest BCUT2D eigenvalue weighted by atomic mass is 79.9. The zero-order valence-corrected chi connectivity index (χ0v) is 12.2. The smallest absolute Gasteiger partial charge is 0.101 e. The fourth-order valence-corrected chi connectivity index (χ4v) is 3.58. The SMILES string of the molecule is CCC1CN(c2cc(Br)ccc2C#N)CCS1. The second kappa shape index (κ2) is 5.79. The Hall–Kier alpha value is -0.660. The molecule has 4 heteroatoms. The molecule has 0 spiro atoms. The molecule has 1 atom stereocenters. The van der Waals surface area contributed by atoms with E-state index in [1.807, 2.05) is 23.9 Å². The first kappa shape index (κ1) is 12.8. The highest BCUT2D eigenvalue weighted by Crippen LogP contribution is 2.30. The molecule has 2 rings (SSSR count). The summed E-state index contributed by atoms with van der Waals surface area (Å²) in [5.74, 6) is 1.15. The van der Waals surface area contributed by atoms with Gasteiger partial charge in [-0.1, -0.05) is 22.9 Å². The molecule has 1 saturated heterocycles. The first-order chi connectivity index (χ1) is 8.24. The second-order valence-electron chi connectivity index (χ2n) is 4.12. The Bertz CT molecular complexity index is 442. The minimum absolute atomic E-state index is 0.689. The van der Waals surface area contributed by atoms with E-state index in [0.29, 0.717) is 5.25 Å². The maximum absolute atomic E-state index is 9.17. The van der Waals surface area contributed by atoms with Gasteiger partial charge in [-0.15, -0.1) is 0 Å². The maximum atomic E-state index is 9.17. The molecule has 1 aliphatic heterocycles. The van der Waals surface area contributed by atoms with Crippen molar-refractivity contribution >= 4 is 33.4 Å². The van der Waals surface area contributed by atoms with Crippen LogP contribution in [0, 0.1) is 11.3 Å². The van der Waals surface area contributed by atoms with E-state index in [-0.39, 0.29) is 0 Å². The van der Waals surface area contributed by atoms with Gasteiger partial charge in [0.1, 0.15) is 6.07 Å². The molecule has 1 unspecified atom stereocenters. The van der Waals surface area contributed by atoms with E-state index in [9.17, 15) is 0 Å². The van der Waals surface area contributed by atoms with Crippen LogP contribution < -0.4 is 4.90 Å². The van der Waals surface area contributed by atoms with Crippen molar-refractivity contribution in [1.82, 2.24) is 0 Å². The lowest BCUT2D eigenvalue weighted by Crippen LogP contribution is -2.38. The van der Waals surface area contributed by atoms with E-state index >= 15 is 0 Å². The molecule has 0 aliphatic carbocycles. The molecule has 0 aromatic heterocycles. The standard InChI is InChI=1S/C13H15BrN2S/c1-2-12-9-16(5-6-17-12)13-7-11(14)4-3-10(13)8-15/h3-4,7,12H,2,5-6,9H2,1H3. The fraction of sp³-hybridized carbons (Fsp3) is 0.462. The van der Waals surface area contributed by atoms with Crippen molar-refractivity contribution in [3.05, 3.63) is 28.2 Å². The predicted octanol–water partition coefficient (Wildman–Crippen LogP) is 3.65. The van der Waals surface area contributed by atoms with Crippen LogP contribution >= 0.6 is 27.7 Å².